The van der Waals surface area contributed by atoms with E-state index in [0.717, 1.165) is 25.7 Å². The first kappa shape index (κ1) is 26.7. The number of unbranched alkanes of at least 4 members (excludes halogenated alkanes) is 10. The van der Waals surface area contributed by atoms with E-state index in [2.05, 4.69) is 12.2 Å². The predicted molar refractivity (Wildman–Crippen MR) is 112 cm³/mol. The first-order chi connectivity index (χ1) is 13.7. The average Bonchev–Trinajstić information content (AvgIpc) is 2.69. The second kappa shape index (κ2) is 20.4. The molecule has 0 rings (SSSR count). The highest BCUT2D eigenvalue weighted by molar-refractivity contribution is 5.81. The van der Waals surface area contributed by atoms with Gasteiger partial charge < -0.3 is 19.5 Å². The molecule has 0 aromatic carbocycles. The lowest BCUT2D eigenvalue weighted by atomic mass is 10.1. The Kier molecular flexibility index (Phi) is 19.5. The first-order valence-corrected chi connectivity index (χ1v) is 11.2. The lowest BCUT2D eigenvalue weighted by Crippen LogP contribution is -2.42. The van der Waals surface area contributed by atoms with Crippen molar-refractivity contribution in [2.45, 2.75) is 103 Å². The standard InChI is InChI=1S/C22H43NO5/c1-4-6-8-9-10-11-12-13-14-15-17-27-21(24)20(16-7-5-2)23-22(25)28-19-18-26-3/h20H,4-19H2,1-3H3,(H,23,25). The van der Waals surface area contributed by atoms with Gasteiger partial charge in [-0.2, -0.15) is 0 Å². The highest BCUT2D eigenvalue weighted by atomic mass is 16.6. The molecule has 0 aliphatic heterocycles. The number of esters is 1. The fourth-order valence-corrected chi connectivity index (χ4v) is 2.92. The molecule has 0 heterocycles. The summed E-state index contributed by atoms with van der Waals surface area (Å²) in [6, 6.07) is -0.641. The maximum absolute atomic E-state index is 12.3. The number of carbonyl (C=O) groups excluding carboxylic acids is 2. The minimum Gasteiger partial charge on any atom is -0.464 e. The minimum absolute atomic E-state index is 0.163. The Morgan fingerprint density at radius 1 is 0.714 bits per heavy atom. The van der Waals surface area contributed by atoms with Crippen molar-refractivity contribution in [3.05, 3.63) is 0 Å². The van der Waals surface area contributed by atoms with E-state index in [-0.39, 0.29) is 12.6 Å². The van der Waals surface area contributed by atoms with Gasteiger partial charge in [0.2, 0.25) is 0 Å². The summed E-state index contributed by atoms with van der Waals surface area (Å²) in [4.78, 5) is 24.0. The molecule has 1 amide bonds. The van der Waals surface area contributed by atoms with E-state index in [1.807, 2.05) is 6.92 Å². The molecule has 1 N–H and O–H groups in total. The Morgan fingerprint density at radius 2 is 1.29 bits per heavy atom. The molecule has 0 spiro atoms. The second-order valence-electron chi connectivity index (χ2n) is 7.32. The van der Waals surface area contributed by atoms with Gasteiger partial charge in [-0.15, -0.1) is 0 Å². The lowest BCUT2D eigenvalue weighted by molar-refractivity contribution is -0.146. The zero-order valence-electron chi connectivity index (χ0n) is 18.4. The third-order valence-electron chi connectivity index (χ3n) is 4.69. The molecule has 0 saturated heterocycles. The van der Waals surface area contributed by atoms with Crippen molar-refractivity contribution in [2.75, 3.05) is 26.9 Å². The maximum Gasteiger partial charge on any atom is 0.407 e. The highest BCUT2D eigenvalue weighted by Gasteiger charge is 2.22. The van der Waals surface area contributed by atoms with Gasteiger partial charge in [-0.3, -0.25) is 0 Å². The summed E-state index contributed by atoms with van der Waals surface area (Å²) in [5.74, 6) is -0.368. The number of amides is 1. The summed E-state index contributed by atoms with van der Waals surface area (Å²) in [6.07, 6.45) is 14.1. The molecule has 6 heteroatoms. The summed E-state index contributed by atoms with van der Waals surface area (Å²) >= 11 is 0. The molecular formula is C22H43NO5. The first-order valence-electron chi connectivity index (χ1n) is 11.2. The van der Waals surface area contributed by atoms with E-state index in [1.54, 1.807) is 0 Å². The van der Waals surface area contributed by atoms with Gasteiger partial charge >= 0.3 is 12.1 Å². The number of carbonyl (C=O) groups is 2. The van der Waals surface area contributed by atoms with Gasteiger partial charge in [-0.25, -0.2) is 9.59 Å². The van der Waals surface area contributed by atoms with Gasteiger partial charge in [0.15, 0.2) is 0 Å². The maximum atomic E-state index is 12.3. The lowest BCUT2D eigenvalue weighted by Gasteiger charge is -2.17. The molecule has 6 nitrogen and oxygen atoms in total. The van der Waals surface area contributed by atoms with Crippen LogP contribution in [0.1, 0.15) is 97.3 Å². The van der Waals surface area contributed by atoms with Crippen LogP contribution in [0, 0.1) is 0 Å². The van der Waals surface area contributed by atoms with Crippen molar-refractivity contribution in [1.29, 1.82) is 0 Å². The van der Waals surface area contributed by atoms with Crippen molar-refractivity contribution < 1.29 is 23.8 Å². The van der Waals surface area contributed by atoms with Crippen LogP contribution in [0.2, 0.25) is 0 Å². The molecule has 28 heavy (non-hydrogen) atoms. The Hall–Kier alpha value is -1.30. The summed E-state index contributed by atoms with van der Waals surface area (Å²) in [5.41, 5.74) is 0. The number of methoxy groups -OCH3 is 1. The van der Waals surface area contributed by atoms with Crippen LogP contribution in [0.4, 0.5) is 4.79 Å². The Balaban J connectivity index is 3.84. The quantitative estimate of drug-likeness (QED) is 0.232. The molecule has 0 saturated carbocycles. The van der Waals surface area contributed by atoms with Crippen LogP contribution < -0.4 is 5.32 Å². The third kappa shape index (κ3) is 16.8. The van der Waals surface area contributed by atoms with E-state index < -0.39 is 12.1 Å². The van der Waals surface area contributed by atoms with Crippen LogP contribution in [0.15, 0.2) is 0 Å². The fourth-order valence-electron chi connectivity index (χ4n) is 2.92. The number of alkyl carbamates (subject to hydrolysis) is 1. The van der Waals surface area contributed by atoms with Crippen molar-refractivity contribution in [3.63, 3.8) is 0 Å². The zero-order chi connectivity index (χ0) is 20.9. The van der Waals surface area contributed by atoms with Crippen molar-refractivity contribution in [1.82, 2.24) is 5.32 Å². The normalized spacial score (nSPS) is 11.8. The minimum atomic E-state index is -0.641. The molecular weight excluding hydrogens is 358 g/mol. The Bertz CT molecular complexity index is 376. The van der Waals surface area contributed by atoms with Crippen LogP contribution >= 0.6 is 0 Å². The number of nitrogens with one attached hydrogen (secondary N) is 1. The van der Waals surface area contributed by atoms with Gasteiger partial charge in [-0.05, 0) is 12.8 Å². The molecule has 0 aromatic rings. The molecule has 1 atom stereocenters. The van der Waals surface area contributed by atoms with E-state index in [0.29, 0.717) is 19.6 Å². The molecule has 1 unspecified atom stereocenters. The highest BCUT2D eigenvalue weighted by Crippen LogP contribution is 2.11. The summed E-state index contributed by atoms with van der Waals surface area (Å²) in [6.45, 7) is 5.19. The molecule has 0 fully saturated rings. The topological polar surface area (TPSA) is 73.9 Å². The monoisotopic (exact) mass is 401 g/mol. The van der Waals surface area contributed by atoms with Crippen LogP contribution in [0.3, 0.4) is 0 Å². The number of hydrogen-bond donors (Lipinski definition) is 1. The van der Waals surface area contributed by atoms with E-state index in [1.165, 1.54) is 58.5 Å². The number of ether oxygens (including phenoxy) is 3. The number of rotatable bonds is 19. The van der Waals surface area contributed by atoms with Gasteiger partial charge in [-0.1, -0.05) is 84.5 Å². The average molecular weight is 402 g/mol. The summed E-state index contributed by atoms with van der Waals surface area (Å²) < 4.78 is 15.2. The van der Waals surface area contributed by atoms with Gasteiger partial charge in [0, 0.05) is 7.11 Å². The fraction of sp³-hybridized carbons (Fsp3) is 0.909. The SMILES string of the molecule is CCCCCCCCCCCCOC(=O)C(CCCC)NC(=O)OCCOC. The van der Waals surface area contributed by atoms with Gasteiger partial charge in [0.05, 0.1) is 13.2 Å². The zero-order valence-corrected chi connectivity index (χ0v) is 18.4. The van der Waals surface area contributed by atoms with Crippen molar-refractivity contribution in [3.8, 4) is 0 Å². The van der Waals surface area contributed by atoms with E-state index >= 15 is 0 Å². The van der Waals surface area contributed by atoms with Crippen LogP contribution in [0.5, 0.6) is 0 Å². The van der Waals surface area contributed by atoms with E-state index in [9.17, 15) is 9.59 Å². The van der Waals surface area contributed by atoms with Crippen LogP contribution in [-0.4, -0.2) is 45.0 Å². The van der Waals surface area contributed by atoms with E-state index in [4.69, 9.17) is 14.2 Å². The molecule has 166 valence electrons. The van der Waals surface area contributed by atoms with Crippen molar-refractivity contribution in [2.24, 2.45) is 0 Å². The van der Waals surface area contributed by atoms with Crippen LogP contribution in [0.25, 0.3) is 0 Å². The van der Waals surface area contributed by atoms with Crippen molar-refractivity contribution >= 4 is 12.1 Å². The molecule has 0 radical (unpaired) electrons. The summed E-state index contributed by atoms with van der Waals surface area (Å²) in [5, 5.41) is 2.61. The summed E-state index contributed by atoms with van der Waals surface area (Å²) in [7, 11) is 1.54. The molecule has 0 aliphatic rings. The molecule has 0 aliphatic carbocycles. The van der Waals surface area contributed by atoms with Gasteiger partial charge in [0.25, 0.3) is 0 Å². The van der Waals surface area contributed by atoms with Gasteiger partial charge in [0.1, 0.15) is 12.6 Å². The molecule has 0 bridgehead atoms. The largest absolute Gasteiger partial charge is 0.464 e. The second-order valence-corrected chi connectivity index (χ2v) is 7.32. The molecule has 0 aromatic heterocycles. The smallest absolute Gasteiger partial charge is 0.407 e. The predicted octanol–water partition coefficient (Wildman–Crippen LogP) is 5.38. The Labute approximate surface area is 172 Å². The number of hydrogen-bond acceptors (Lipinski definition) is 5. The third-order valence-corrected chi connectivity index (χ3v) is 4.69. The van der Waals surface area contributed by atoms with Crippen LogP contribution in [-0.2, 0) is 19.0 Å². The Morgan fingerprint density at radius 3 is 1.86 bits per heavy atom.